The van der Waals surface area contributed by atoms with Crippen LogP contribution in [0.3, 0.4) is 0 Å². The van der Waals surface area contributed by atoms with Crippen molar-refractivity contribution in [1.82, 2.24) is 5.32 Å². The molecule has 102 valence electrons. The Morgan fingerprint density at radius 2 is 1.89 bits per heavy atom. The maximum atomic E-state index is 12.1. The van der Waals surface area contributed by atoms with Gasteiger partial charge in [-0.3, -0.25) is 14.9 Å². The van der Waals surface area contributed by atoms with Gasteiger partial charge in [0, 0.05) is 12.3 Å². The Bertz CT molecular complexity index is 362. The van der Waals surface area contributed by atoms with Crippen LogP contribution in [0.2, 0.25) is 0 Å². The maximum absolute atomic E-state index is 12.1. The van der Waals surface area contributed by atoms with Gasteiger partial charge in [-0.05, 0) is 42.9 Å². The van der Waals surface area contributed by atoms with Crippen molar-refractivity contribution in [2.24, 2.45) is 16.7 Å². The highest BCUT2D eigenvalue weighted by molar-refractivity contribution is 5.99. The molecular formula is C15H25NO2. The Morgan fingerprint density at radius 1 is 1.17 bits per heavy atom. The molecule has 1 saturated heterocycles. The van der Waals surface area contributed by atoms with Crippen LogP contribution < -0.4 is 5.32 Å². The lowest BCUT2D eigenvalue weighted by molar-refractivity contribution is -0.144. The van der Waals surface area contributed by atoms with Gasteiger partial charge in [0.15, 0.2) is 0 Å². The van der Waals surface area contributed by atoms with Gasteiger partial charge in [-0.15, -0.1) is 0 Å². The van der Waals surface area contributed by atoms with Crippen LogP contribution in [-0.2, 0) is 9.59 Å². The summed E-state index contributed by atoms with van der Waals surface area (Å²) in [6.45, 7) is 6.67. The van der Waals surface area contributed by atoms with E-state index in [9.17, 15) is 9.59 Å². The highest BCUT2D eigenvalue weighted by atomic mass is 16.2. The van der Waals surface area contributed by atoms with E-state index in [0.29, 0.717) is 11.8 Å². The zero-order valence-electron chi connectivity index (χ0n) is 11.8. The Morgan fingerprint density at radius 3 is 2.56 bits per heavy atom. The van der Waals surface area contributed by atoms with Crippen LogP contribution in [0.25, 0.3) is 0 Å². The molecule has 3 heteroatoms. The molecule has 2 amide bonds. The minimum absolute atomic E-state index is 0.0316. The number of amides is 2. The van der Waals surface area contributed by atoms with Crippen molar-refractivity contribution < 1.29 is 9.59 Å². The zero-order valence-corrected chi connectivity index (χ0v) is 11.8. The molecule has 3 nitrogen and oxygen atoms in total. The van der Waals surface area contributed by atoms with Gasteiger partial charge in [-0.25, -0.2) is 0 Å². The van der Waals surface area contributed by atoms with Gasteiger partial charge in [-0.1, -0.05) is 27.2 Å². The highest BCUT2D eigenvalue weighted by Crippen LogP contribution is 2.50. The van der Waals surface area contributed by atoms with Crippen molar-refractivity contribution in [1.29, 1.82) is 0 Å². The molecule has 0 radical (unpaired) electrons. The largest absolute Gasteiger partial charge is 0.296 e. The normalized spacial score (nSPS) is 36.3. The fourth-order valence-electron chi connectivity index (χ4n) is 3.89. The van der Waals surface area contributed by atoms with Crippen molar-refractivity contribution >= 4 is 11.8 Å². The van der Waals surface area contributed by atoms with Crippen LogP contribution in [0.4, 0.5) is 0 Å². The maximum Gasteiger partial charge on any atom is 0.230 e. The monoisotopic (exact) mass is 251 g/mol. The molecule has 1 aliphatic heterocycles. The van der Waals surface area contributed by atoms with Gasteiger partial charge >= 0.3 is 0 Å². The molecule has 0 aromatic heterocycles. The van der Waals surface area contributed by atoms with Crippen LogP contribution in [0.15, 0.2) is 0 Å². The SMILES string of the molecule is CCC1C(=O)NC(=O)CC12CCCC(C)(C)CC2. The Labute approximate surface area is 110 Å². The van der Waals surface area contributed by atoms with E-state index < -0.39 is 0 Å². The average Bonchev–Trinajstić information content (AvgIpc) is 2.39. The second-order valence-electron chi connectivity index (χ2n) is 6.93. The smallest absolute Gasteiger partial charge is 0.230 e. The highest BCUT2D eigenvalue weighted by Gasteiger charge is 2.48. The predicted octanol–water partition coefficient (Wildman–Crippen LogP) is 3.04. The number of hydrogen-bond acceptors (Lipinski definition) is 2. The molecule has 0 aromatic rings. The summed E-state index contributed by atoms with van der Waals surface area (Å²) in [7, 11) is 0. The molecule has 2 rings (SSSR count). The first-order valence-corrected chi connectivity index (χ1v) is 7.22. The van der Waals surface area contributed by atoms with Crippen LogP contribution in [0.1, 0.15) is 65.7 Å². The number of carbonyl (C=O) groups excluding carboxylic acids is 2. The Kier molecular flexibility index (Phi) is 3.52. The summed E-state index contributed by atoms with van der Waals surface area (Å²) in [6.07, 6.45) is 6.94. The van der Waals surface area contributed by atoms with Gasteiger partial charge in [0.2, 0.25) is 11.8 Å². The second kappa shape index (κ2) is 4.67. The summed E-state index contributed by atoms with van der Waals surface area (Å²) in [5, 5.41) is 2.52. The van der Waals surface area contributed by atoms with Crippen LogP contribution >= 0.6 is 0 Å². The third-order valence-electron chi connectivity index (χ3n) is 5.07. The first kappa shape index (κ1) is 13.6. The molecule has 2 aliphatic rings. The van der Waals surface area contributed by atoms with Gasteiger partial charge in [0.25, 0.3) is 0 Å². The van der Waals surface area contributed by atoms with Crippen LogP contribution in [0, 0.1) is 16.7 Å². The molecule has 1 saturated carbocycles. The lowest BCUT2D eigenvalue weighted by Crippen LogP contribution is -2.51. The van der Waals surface area contributed by atoms with Gasteiger partial charge in [0.05, 0.1) is 0 Å². The molecule has 2 unspecified atom stereocenters. The van der Waals surface area contributed by atoms with E-state index in [4.69, 9.17) is 0 Å². The molecule has 0 bridgehead atoms. The number of hydrogen-bond donors (Lipinski definition) is 1. The molecule has 1 heterocycles. The fourth-order valence-corrected chi connectivity index (χ4v) is 3.89. The average molecular weight is 251 g/mol. The number of nitrogens with one attached hydrogen (secondary N) is 1. The van der Waals surface area contributed by atoms with Gasteiger partial charge in [-0.2, -0.15) is 0 Å². The lowest BCUT2D eigenvalue weighted by Gasteiger charge is -2.42. The molecule has 1 spiro atoms. The molecule has 0 aromatic carbocycles. The van der Waals surface area contributed by atoms with E-state index in [1.807, 2.05) is 0 Å². The number of carbonyl (C=O) groups is 2. The number of rotatable bonds is 1. The van der Waals surface area contributed by atoms with Crippen LogP contribution in [-0.4, -0.2) is 11.8 Å². The van der Waals surface area contributed by atoms with E-state index >= 15 is 0 Å². The first-order valence-electron chi connectivity index (χ1n) is 7.22. The lowest BCUT2D eigenvalue weighted by atomic mass is 9.64. The Balaban J connectivity index is 2.25. The number of imide groups is 1. The van der Waals surface area contributed by atoms with Crippen molar-refractivity contribution in [3.63, 3.8) is 0 Å². The molecular weight excluding hydrogens is 226 g/mol. The van der Waals surface area contributed by atoms with E-state index in [1.165, 1.54) is 6.42 Å². The Hall–Kier alpha value is -0.860. The zero-order chi connectivity index (χ0) is 13.4. The van der Waals surface area contributed by atoms with Crippen molar-refractivity contribution in [3.8, 4) is 0 Å². The van der Waals surface area contributed by atoms with E-state index in [-0.39, 0.29) is 23.1 Å². The molecule has 2 fully saturated rings. The molecule has 2 atom stereocenters. The van der Waals surface area contributed by atoms with Crippen molar-refractivity contribution in [3.05, 3.63) is 0 Å². The van der Waals surface area contributed by atoms with Gasteiger partial charge in [0.1, 0.15) is 0 Å². The summed E-state index contributed by atoms with van der Waals surface area (Å²) in [4.78, 5) is 23.8. The van der Waals surface area contributed by atoms with E-state index in [1.54, 1.807) is 0 Å². The predicted molar refractivity (Wildman–Crippen MR) is 70.8 cm³/mol. The van der Waals surface area contributed by atoms with Crippen LogP contribution in [0.5, 0.6) is 0 Å². The topological polar surface area (TPSA) is 46.2 Å². The molecule has 1 N–H and O–H groups in total. The first-order chi connectivity index (χ1) is 8.38. The van der Waals surface area contributed by atoms with Crippen molar-refractivity contribution in [2.75, 3.05) is 0 Å². The molecule has 1 aliphatic carbocycles. The summed E-state index contributed by atoms with van der Waals surface area (Å²) in [5.41, 5.74) is 0.306. The fraction of sp³-hybridized carbons (Fsp3) is 0.867. The summed E-state index contributed by atoms with van der Waals surface area (Å²) in [5.74, 6) is -0.0676. The molecule has 18 heavy (non-hydrogen) atoms. The van der Waals surface area contributed by atoms with Gasteiger partial charge < -0.3 is 0 Å². The quantitative estimate of drug-likeness (QED) is 0.728. The van der Waals surface area contributed by atoms with E-state index in [0.717, 1.165) is 32.1 Å². The summed E-state index contributed by atoms with van der Waals surface area (Å²) in [6, 6.07) is 0. The third-order valence-corrected chi connectivity index (χ3v) is 5.07. The number of piperidine rings is 1. The van der Waals surface area contributed by atoms with E-state index in [2.05, 4.69) is 26.1 Å². The van der Waals surface area contributed by atoms with Crippen molar-refractivity contribution in [2.45, 2.75) is 65.7 Å². The third kappa shape index (κ3) is 2.45. The standard InChI is InChI=1S/C15H25NO2/c1-4-11-13(18)16-12(17)10-15(11)7-5-6-14(2,3)8-9-15/h11H,4-10H2,1-3H3,(H,16,17,18). The minimum Gasteiger partial charge on any atom is -0.296 e. The minimum atomic E-state index is -0.0654. The summed E-state index contributed by atoms with van der Waals surface area (Å²) < 4.78 is 0. The summed E-state index contributed by atoms with van der Waals surface area (Å²) >= 11 is 0. The second-order valence-corrected chi connectivity index (χ2v) is 6.93.